The molecule has 146 valence electrons. The molecule has 1 aromatic rings. The fraction of sp³-hybridized carbons (Fsp3) is 0.500. The molecule has 4 amide bonds. The van der Waals surface area contributed by atoms with Crippen LogP contribution in [0.2, 0.25) is 0 Å². The molecule has 0 radical (unpaired) electrons. The fourth-order valence-electron chi connectivity index (χ4n) is 3.35. The zero-order valence-corrected chi connectivity index (χ0v) is 14.7. The smallest absolute Gasteiger partial charge is 0.417 e. The molecule has 2 saturated heterocycles. The second-order valence-corrected chi connectivity index (χ2v) is 6.62. The summed E-state index contributed by atoms with van der Waals surface area (Å²) in [5, 5.41) is 2.82. The van der Waals surface area contributed by atoms with Gasteiger partial charge in [-0.1, -0.05) is 30.3 Å². The van der Waals surface area contributed by atoms with Crippen LogP contribution in [0.4, 0.5) is 18.4 Å². The van der Waals surface area contributed by atoms with Crippen molar-refractivity contribution in [2.75, 3.05) is 26.2 Å². The van der Waals surface area contributed by atoms with E-state index in [9.17, 15) is 23.2 Å². The van der Waals surface area contributed by atoms with Crippen molar-refractivity contribution in [3.63, 3.8) is 0 Å². The average Bonchev–Trinajstić information content (AvgIpc) is 2.87. The van der Waals surface area contributed by atoms with Gasteiger partial charge in [0.2, 0.25) is 0 Å². The van der Waals surface area contributed by atoms with Crippen molar-refractivity contribution >= 4 is 18.0 Å². The van der Waals surface area contributed by atoms with Gasteiger partial charge in [-0.25, -0.2) is 23.3 Å². The summed E-state index contributed by atoms with van der Waals surface area (Å²) in [6, 6.07) is 9.47. The second-order valence-electron chi connectivity index (χ2n) is 6.62. The maximum absolute atomic E-state index is 12.5. The number of nitrogens with one attached hydrogen (secondary N) is 1. The van der Waals surface area contributed by atoms with Crippen molar-refractivity contribution in [3.8, 4) is 0 Å². The molecule has 2 aliphatic rings. The highest BCUT2D eigenvalue weighted by molar-refractivity contribution is 6.03. The van der Waals surface area contributed by atoms with Gasteiger partial charge in [0, 0.05) is 32.5 Å². The second kappa shape index (κ2) is 7.89. The standard InChI is InChI=1S/C18H21F2N3O4/c19-14(20)12-23-15(24)18(27-17(23)26)7-10-22(11-8-18)16(25)21-9-6-13-4-2-1-3-5-13/h1-5,14H,6-12H2,(H,21,25). The Kier molecular flexibility index (Phi) is 5.57. The summed E-state index contributed by atoms with van der Waals surface area (Å²) in [6.07, 6.45) is -2.95. The van der Waals surface area contributed by atoms with E-state index in [1.165, 1.54) is 4.90 Å². The fourth-order valence-corrected chi connectivity index (χ4v) is 3.35. The van der Waals surface area contributed by atoms with Crippen molar-refractivity contribution in [1.29, 1.82) is 0 Å². The van der Waals surface area contributed by atoms with Crippen LogP contribution in [0.25, 0.3) is 0 Å². The molecular formula is C18H21F2N3O4. The molecule has 0 bridgehead atoms. The molecule has 9 heteroatoms. The van der Waals surface area contributed by atoms with Crippen LogP contribution in [0.15, 0.2) is 30.3 Å². The Bertz CT molecular complexity index is 706. The Morgan fingerprint density at radius 2 is 1.85 bits per heavy atom. The minimum absolute atomic E-state index is 0.101. The van der Waals surface area contributed by atoms with E-state index < -0.39 is 30.6 Å². The minimum atomic E-state index is -2.81. The number of carbonyl (C=O) groups is 3. The maximum atomic E-state index is 12.5. The highest BCUT2D eigenvalue weighted by atomic mass is 19.3. The molecule has 0 unspecified atom stereocenters. The summed E-state index contributed by atoms with van der Waals surface area (Å²) >= 11 is 0. The lowest BCUT2D eigenvalue weighted by Gasteiger charge is -2.36. The van der Waals surface area contributed by atoms with Gasteiger partial charge < -0.3 is 15.0 Å². The number of alkyl halides is 2. The Labute approximate surface area is 155 Å². The predicted molar refractivity (Wildman–Crippen MR) is 91.3 cm³/mol. The first-order valence-corrected chi connectivity index (χ1v) is 8.81. The van der Waals surface area contributed by atoms with Gasteiger partial charge in [0.15, 0.2) is 5.60 Å². The third-order valence-electron chi connectivity index (χ3n) is 4.85. The number of carbonyl (C=O) groups excluding carboxylic acids is 3. The van der Waals surface area contributed by atoms with Crippen LogP contribution in [0.3, 0.4) is 0 Å². The first kappa shape index (κ1) is 19.1. The lowest BCUT2D eigenvalue weighted by Crippen LogP contribution is -2.53. The van der Waals surface area contributed by atoms with Gasteiger partial charge in [0.1, 0.15) is 0 Å². The Balaban J connectivity index is 1.49. The number of hydrogen-bond donors (Lipinski definition) is 1. The molecule has 0 aliphatic carbocycles. The van der Waals surface area contributed by atoms with Crippen molar-refractivity contribution in [2.45, 2.75) is 31.3 Å². The summed E-state index contributed by atoms with van der Waals surface area (Å²) in [7, 11) is 0. The van der Waals surface area contributed by atoms with Gasteiger partial charge in [-0.2, -0.15) is 0 Å². The van der Waals surface area contributed by atoms with E-state index in [2.05, 4.69) is 5.32 Å². The molecule has 0 saturated carbocycles. The number of imide groups is 1. The lowest BCUT2D eigenvalue weighted by molar-refractivity contribution is -0.140. The van der Waals surface area contributed by atoms with Gasteiger partial charge in [-0.3, -0.25) is 4.79 Å². The van der Waals surface area contributed by atoms with Crippen molar-refractivity contribution in [3.05, 3.63) is 35.9 Å². The Morgan fingerprint density at radius 1 is 1.19 bits per heavy atom. The van der Waals surface area contributed by atoms with E-state index in [0.29, 0.717) is 17.9 Å². The molecule has 2 aliphatic heterocycles. The normalized spacial score (nSPS) is 18.9. The molecule has 1 spiro atoms. The summed E-state index contributed by atoms with van der Waals surface area (Å²) in [5.74, 6) is -0.739. The summed E-state index contributed by atoms with van der Waals surface area (Å²) in [6.45, 7) is -0.0822. The molecule has 7 nitrogen and oxygen atoms in total. The van der Waals surface area contributed by atoms with Crippen LogP contribution in [0, 0.1) is 0 Å². The molecule has 0 atom stereocenters. The number of likely N-dealkylation sites (tertiary alicyclic amines) is 1. The number of amides is 4. The number of benzene rings is 1. The molecule has 3 rings (SSSR count). The number of rotatable bonds is 5. The highest BCUT2D eigenvalue weighted by Crippen LogP contribution is 2.34. The van der Waals surface area contributed by atoms with Gasteiger partial charge >= 0.3 is 12.1 Å². The van der Waals surface area contributed by atoms with Gasteiger partial charge in [0.25, 0.3) is 12.3 Å². The number of nitrogens with zero attached hydrogens (tertiary/aromatic N) is 2. The highest BCUT2D eigenvalue weighted by Gasteiger charge is 2.55. The van der Waals surface area contributed by atoms with E-state index >= 15 is 0 Å². The van der Waals surface area contributed by atoms with Crippen LogP contribution in [0.5, 0.6) is 0 Å². The molecule has 27 heavy (non-hydrogen) atoms. The summed E-state index contributed by atoms with van der Waals surface area (Å²) in [4.78, 5) is 38.4. The average molecular weight is 381 g/mol. The van der Waals surface area contributed by atoms with Crippen LogP contribution in [-0.4, -0.2) is 66.0 Å². The molecule has 1 N–H and O–H groups in total. The third-order valence-corrected chi connectivity index (χ3v) is 4.85. The first-order chi connectivity index (χ1) is 12.9. The van der Waals surface area contributed by atoms with Crippen molar-refractivity contribution < 1.29 is 27.9 Å². The number of urea groups is 1. The van der Waals surface area contributed by atoms with E-state index in [0.717, 1.165) is 5.56 Å². The molecule has 2 fully saturated rings. The van der Waals surface area contributed by atoms with Gasteiger partial charge in [-0.05, 0) is 12.0 Å². The lowest BCUT2D eigenvalue weighted by atomic mass is 9.90. The maximum Gasteiger partial charge on any atom is 0.417 e. The van der Waals surface area contributed by atoms with Crippen molar-refractivity contribution in [1.82, 2.24) is 15.1 Å². The van der Waals surface area contributed by atoms with E-state index in [1.807, 2.05) is 30.3 Å². The molecule has 2 heterocycles. The summed E-state index contributed by atoms with van der Waals surface area (Å²) < 4.78 is 30.2. The Hall–Kier alpha value is -2.71. The third kappa shape index (κ3) is 4.17. The van der Waals surface area contributed by atoms with Gasteiger partial charge in [-0.15, -0.1) is 0 Å². The summed E-state index contributed by atoms with van der Waals surface area (Å²) in [5.41, 5.74) is -0.315. The predicted octanol–water partition coefficient (Wildman–Crippen LogP) is 2.02. The number of halogens is 2. The quantitative estimate of drug-likeness (QED) is 0.846. The minimum Gasteiger partial charge on any atom is -0.432 e. The zero-order valence-electron chi connectivity index (χ0n) is 14.7. The SMILES string of the molecule is O=C(NCCc1ccccc1)N1CCC2(CC1)OC(=O)N(CC(F)F)C2=O. The topological polar surface area (TPSA) is 79.0 Å². The molecular weight excluding hydrogens is 360 g/mol. The van der Waals surface area contributed by atoms with Gasteiger partial charge in [0.05, 0.1) is 6.54 Å². The Morgan fingerprint density at radius 3 is 2.48 bits per heavy atom. The van der Waals surface area contributed by atoms with E-state index in [1.54, 1.807) is 0 Å². The number of ether oxygens (including phenoxy) is 1. The first-order valence-electron chi connectivity index (χ1n) is 8.81. The zero-order chi connectivity index (χ0) is 19.4. The van der Waals surface area contributed by atoms with Crippen LogP contribution >= 0.6 is 0 Å². The van der Waals surface area contributed by atoms with Crippen LogP contribution in [0.1, 0.15) is 18.4 Å². The monoisotopic (exact) mass is 381 g/mol. The molecule has 1 aromatic carbocycles. The van der Waals surface area contributed by atoms with E-state index in [-0.39, 0.29) is 32.0 Å². The number of hydrogen-bond acceptors (Lipinski definition) is 4. The molecule has 0 aromatic heterocycles. The van der Waals surface area contributed by atoms with Crippen molar-refractivity contribution in [2.24, 2.45) is 0 Å². The number of piperidine rings is 1. The largest absolute Gasteiger partial charge is 0.432 e. The van der Waals surface area contributed by atoms with Crippen LogP contribution < -0.4 is 5.32 Å². The van der Waals surface area contributed by atoms with Crippen LogP contribution in [-0.2, 0) is 16.0 Å². The van der Waals surface area contributed by atoms with E-state index in [4.69, 9.17) is 4.74 Å².